The van der Waals surface area contributed by atoms with Crippen LogP contribution >= 0.6 is 11.3 Å². The van der Waals surface area contributed by atoms with Crippen molar-refractivity contribution >= 4 is 23.2 Å². The Morgan fingerprint density at radius 3 is 2.82 bits per heavy atom. The first-order chi connectivity index (χ1) is 8.31. The molecule has 0 atom stereocenters. The predicted octanol–water partition coefficient (Wildman–Crippen LogP) is 0.234. The van der Waals surface area contributed by atoms with Gasteiger partial charge in [-0.05, 0) is 0 Å². The van der Waals surface area contributed by atoms with Crippen LogP contribution in [0.2, 0.25) is 0 Å². The molecule has 0 amide bonds. The monoisotopic (exact) mass is 253 g/mol. The van der Waals surface area contributed by atoms with Crippen molar-refractivity contribution in [2.75, 3.05) is 17.9 Å². The number of aromatic nitrogens is 4. The molecule has 2 rings (SSSR count). The van der Waals surface area contributed by atoms with Crippen molar-refractivity contribution in [3.63, 3.8) is 0 Å². The molecule has 8 nitrogen and oxygen atoms in total. The standard InChI is InChI=1S/C8H11N7OS/c1-16-8-13-6(12-7(14-8)15-9)10-2-5-3-17-4-11-5/h3-4H,2,9H2,1H3,(H2,10,12,13,14,15). The van der Waals surface area contributed by atoms with Gasteiger partial charge in [0.1, 0.15) is 0 Å². The lowest BCUT2D eigenvalue weighted by Crippen LogP contribution is -2.14. The largest absolute Gasteiger partial charge is 0.467 e. The highest BCUT2D eigenvalue weighted by atomic mass is 32.1. The Morgan fingerprint density at radius 2 is 2.18 bits per heavy atom. The molecule has 0 aliphatic carbocycles. The van der Waals surface area contributed by atoms with E-state index in [1.165, 1.54) is 18.4 Å². The molecule has 2 aromatic rings. The summed E-state index contributed by atoms with van der Waals surface area (Å²) >= 11 is 1.53. The summed E-state index contributed by atoms with van der Waals surface area (Å²) in [6, 6.07) is 0.189. The minimum Gasteiger partial charge on any atom is -0.467 e. The highest BCUT2D eigenvalue weighted by Crippen LogP contribution is 2.11. The zero-order valence-corrected chi connectivity index (χ0v) is 9.86. The quantitative estimate of drug-likeness (QED) is 0.513. The zero-order chi connectivity index (χ0) is 12.1. The van der Waals surface area contributed by atoms with Crippen molar-refractivity contribution in [3.8, 4) is 6.01 Å². The topological polar surface area (TPSA) is 111 Å². The van der Waals surface area contributed by atoms with E-state index in [4.69, 9.17) is 10.6 Å². The number of anilines is 2. The minimum atomic E-state index is 0.189. The van der Waals surface area contributed by atoms with Crippen molar-refractivity contribution in [3.05, 3.63) is 16.6 Å². The van der Waals surface area contributed by atoms with Crippen molar-refractivity contribution in [2.45, 2.75) is 6.54 Å². The predicted molar refractivity (Wildman–Crippen MR) is 63.6 cm³/mol. The second-order valence-corrected chi connectivity index (χ2v) is 3.67. The smallest absolute Gasteiger partial charge is 0.322 e. The summed E-state index contributed by atoms with van der Waals surface area (Å²) in [5, 5.41) is 4.94. The molecule has 2 aromatic heterocycles. The Labute approximate surface area is 101 Å². The number of hydrazine groups is 1. The van der Waals surface area contributed by atoms with Crippen LogP contribution in [-0.4, -0.2) is 27.0 Å². The fourth-order valence-corrected chi connectivity index (χ4v) is 1.64. The molecular weight excluding hydrogens is 242 g/mol. The van der Waals surface area contributed by atoms with E-state index in [1.54, 1.807) is 5.51 Å². The maximum atomic E-state index is 5.24. The van der Waals surface area contributed by atoms with E-state index < -0.39 is 0 Å². The summed E-state index contributed by atoms with van der Waals surface area (Å²) in [6.45, 7) is 0.528. The normalized spacial score (nSPS) is 10.0. The average Bonchev–Trinajstić information content (AvgIpc) is 2.89. The number of nitrogens with zero attached hydrogens (tertiary/aromatic N) is 4. The van der Waals surface area contributed by atoms with E-state index >= 15 is 0 Å². The van der Waals surface area contributed by atoms with Gasteiger partial charge in [0.2, 0.25) is 11.9 Å². The molecule has 0 saturated carbocycles. The van der Waals surface area contributed by atoms with Gasteiger partial charge in [0.25, 0.3) is 0 Å². The first-order valence-corrected chi connectivity index (χ1v) is 5.63. The Bertz CT molecular complexity index is 452. The Hall–Kier alpha value is -2.00. The highest BCUT2D eigenvalue weighted by Gasteiger charge is 2.05. The van der Waals surface area contributed by atoms with E-state index in [-0.39, 0.29) is 12.0 Å². The highest BCUT2D eigenvalue weighted by molar-refractivity contribution is 7.07. The Kier molecular flexibility index (Phi) is 3.62. The summed E-state index contributed by atoms with van der Waals surface area (Å²) in [4.78, 5) is 16.1. The number of nitrogens with one attached hydrogen (secondary N) is 2. The van der Waals surface area contributed by atoms with Crippen LogP contribution in [-0.2, 0) is 6.54 Å². The number of nitrogens with two attached hydrogens (primary N) is 1. The van der Waals surface area contributed by atoms with Gasteiger partial charge in [0.05, 0.1) is 24.9 Å². The number of hydrogen-bond acceptors (Lipinski definition) is 9. The fourth-order valence-electron chi connectivity index (χ4n) is 1.09. The Morgan fingerprint density at radius 1 is 1.35 bits per heavy atom. The molecule has 17 heavy (non-hydrogen) atoms. The minimum absolute atomic E-state index is 0.189. The van der Waals surface area contributed by atoms with E-state index in [0.717, 1.165) is 5.69 Å². The van der Waals surface area contributed by atoms with Gasteiger partial charge >= 0.3 is 6.01 Å². The number of rotatable bonds is 5. The molecule has 90 valence electrons. The molecule has 0 spiro atoms. The molecule has 0 radical (unpaired) electrons. The fraction of sp³-hybridized carbons (Fsp3) is 0.250. The van der Waals surface area contributed by atoms with Crippen LogP contribution in [0.25, 0.3) is 0 Å². The van der Waals surface area contributed by atoms with Gasteiger partial charge < -0.3 is 10.1 Å². The molecule has 0 aromatic carbocycles. The maximum absolute atomic E-state index is 5.24. The average molecular weight is 253 g/mol. The van der Waals surface area contributed by atoms with Gasteiger partial charge in [0.15, 0.2) is 0 Å². The first kappa shape index (κ1) is 11.5. The molecule has 0 saturated heterocycles. The molecule has 4 N–H and O–H groups in total. The molecule has 2 heterocycles. The third-order valence-corrected chi connectivity index (χ3v) is 2.47. The molecule has 0 unspecified atom stereocenters. The van der Waals surface area contributed by atoms with Crippen LogP contribution < -0.4 is 21.3 Å². The molecule has 0 aliphatic heterocycles. The van der Waals surface area contributed by atoms with Crippen molar-refractivity contribution < 1.29 is 4.74 Å². The second kappa shape index (κ2) is 5.37. The number of ether oxygens (including phenoxy) is 1. The summed E-state index contributed by atoms with van der Waals surface area (Å²) < 4.78 is 4.92. The van der Waals surface area contributed by atoms with Crippen LogP contribution in [0.1, 0.15) is 5.69 Å². The lowest BCUT2D eigenvalue weighted by Gasteiger charge is -2.06. The summed E-state index contributed by atoms with van der Waals surface area (Å²) in [7, 11) is 1.47. The van der Waals surface area contributed by atoms with Gasteiger partial charge in [-0.2, -0.15) is 15.0 Å². The van der Waals surface area contributed by atoms with Gasteiger partial charge in [-0.15, -0.1) is 11.3 Å². The number of methoxy groups -OCH3 is 1. The second-order valence-electron chi connectivity index (χ2n) is 2.95. The maximum Gasteiger partial charge on any atom is 0.322 e. The Balaban J connectivity index is 2.09. The lowest BCUT2D eigenvalue weighted by atomic mass is 10.5. The zero-order valence-electron chi connectivity index (χ0n) is 9.04. The number of hydrogen-bond donors (Lipinski definition) is 3. The summed E-state index contributed by atoms with van der Waals surface area (Å²) in [5.74, 6) is 5.84. The van der Waals surface area contributed by atoms with Gasteiger partial charge in [-0.3, -0.25) is 5.43 Å². The van der Waals surface area contributed by atoms with Gasteiger partial charge in [-0.25, -0.2) is 10.8 Å². The lowest BCUT2D eigenvalue weighted by molar-refractivity contribution is 0.379. The van der Waals surface area contributed by atoms with Crippen LogP contribution in [0.15, 0.2) is 10.9 Å². The van der Waals surface area contributed by atoms with Crippen LogP contribution in [0.4, 0.5) is 11.9 Å². The number of thiazole rings is 1. The third-order valence-electron chi connectivity index (χ3n) is 1.84. The van der Waals surface area contributed by atoms with E-state index in [9.17, 15) is 0 Å². The van der Waals surface area contributed by atoms with E-state index in [2.05, 4.69) is 30.7 Å². The summed E-state index contributed by atoms with van der Waals surface area (Å²) in [5.41, 5.74) is 5.01. The molecule has 9 heteroatoms. The van der Waals surface area contributed by atoms with Crippen LogP contribution in [0, 0.1) is 0 Å². The molecule has 0 bridgehead atoms. The first-order valence-electron chi connectivity index (χ1n) is 4.69. The van der Waals surface area contributed by atoms with Crippen molar-refractivity contribution in [2.24, 2.45) is 5.84 Å². The van der Waals surface area contributed by atoms with Gasteiger partial charge in [0, 0.05) is 5.38 Å². The van der Waals surface area contributed by atoms with Crippen LogP contribution in [0.5, 0.6) is 6.01 Å². The third kappa shape index (κ3) is 2.98. The molecule has 0 fully saturated rings. The van der Waals surface area contributed by atoms with Crippen molar-refractivity contribution in [1.29, 1.82) is 0 Å². The number of nitrogen functional groups attached to an aromatic ring is 1. The van der Waals surface area contributed by atoms with E-state index in [0.29, 0.717) is 12.5 Å². The molecular formula is C8H11N7OS. The molecule has 0 aliphatic rings. The SMILES string of the molecule is COc1nc(NN)nc(NCc2cscn2)n1. The van der Waals surface area contributed by atoms with E-state index in [1.807, 2.05) is 5.38 Å². The van der Waals surface area contributed by atoms with Crippen molar-refractivity contribution in [1.82, 2.24) is 19.9 Å². The summed E-state index contributed by atoms with van der Waals surface area (Å²) in [6.07, 6.45) is 0. The van der Waals surface area contributed by atoms with Gasteiger partial charge in [-0.1, -0.05) is 0 Å². The van der Waals surface area contributed by atoms with Crippen LogP contribution in [0.3, 0.4) is 0 Å².